The van der Waals surface area contributed by atoms with Crippen LogP contribution in [0.1, 0.15) is 52.0 Å². The van der Waals surface area contributed by atoms with Gasteiger partial charge in [-0.3, -0.25) is 14.4 Å². The lowest BCUT2D eigenvalue weighted by Gasteiger charge is -2.39. The first-order chi connectivity index (χ1) is 16.1. The Hall–Kier alpha value is -2.55. The van der Waals surface area contributed by atoms with Gasteiger partial charge < -0.3 is 20.5 Å². The first-order valence-electron chi connectivity index (χ1n) is 11.7. The van der Waals surface area contributed by atoms with Gasteiger partial charge in [0.2, 0.25) is 11.8 Å². The summed E-state index contributed by atoms with van der Waals surface area (Å²) >= 11 is 0.978. The van der Waals surface area contributed by atoms with Gasteiger partial charge in [-0.25, -0.2) is 4.79 Å². The zero-order valence-corrected chi connectivity index (χ0v) is 20.9. The van der Waals surface area contributed by atoms with E-state index < -0.39 is 28.7 Å². The van der Waals surface area contributed by atoms with Crippen LogP contribution in [0.2, 0.25) is 0 Å². The minimum absolute atomic E-state index is 0.0245. The summed E-state index contributed by atoms with van der Waals surface area (Å²) in [4.78, 5) is 51.3. The Balaban J connectivity index is 1.83. The van der Waals surface area contributed by atoms with Crippen molar-refractivity contribution in [2.24, 2.45) is 17.8 Å². The van der Waals surface area contributed by atoms with Crippen LogP contribution in [0.15, 0.2) is 24.3 Å². The molecule has 4 unspecified atom stereocenters. The van der Waals surface area contributed by atoms with Crippen LogP contribution in [-0.2, 0) is 30.3 Å². The lowest BCUT2D eigenvalue weighted by atomic mass is 9.79. The number of amides is 2. The fourth-order valence-electron chi connectivity index (χ4n) is 5.27. The van der Waals surface area contributed by atoms with Gasteiger partial charge in [-0.15, -0.1) is 0 Å². The van der Waals surface area contributed by atoms with E-state index in [9.17, 15) is 24.3 Å². The van der Waals surface area contributed by atoms with Gasteiger partial charge in [0.05, 0.1) is 12.4 Å². The number of rotatable bonds is 9. The van der Waals surface area contributed by atoms with Gasteiger partial charge in [-0.05, 0) is 61.1 Å². The second-order valence-electron chi connectivity index (χ2n) is 9.73. The second kappa shape index (κ2) is 10.8. The molecule has 8 nitrogen and oxygen atoms in total. The smallest absolute Gasteiger partial charge is 0.328 e. The first kappa shape index (κ1) is 26.1. The summed E-state index contributed by atoms with van der Waals surface area (Å²) < 4.78 is 4.93. The van der Waals surface area contributed by atoms with Crippen LogP contribution >= 0.6 is 11.8 Å². The van der Waals surface area contributed by atoms with Crippen molar-refractivity contribution in [2.45, 2.75) is 69.7 Å². The number of thioether (sulfide) groups is 1. The Morgan fingerprint density at radius 2 is 1.85 bits per heavy atom. The van der Waals surface area contributed by atoms with Crippen LogP contribution in [0.5, 0.6) is 5.75 Å². The number of methoxy groups -OCH3 is 1. The average Bonchev–Trinajstić information content (AvgIpc) is 3.39. The number of esters is 1. The molecule has 34 heavy (non-hydrogen) atoms. The highest BCUT2D eigenvalue weighted by Crippen LogP contribution is 2.51. The van der Waals surface area contributed by atoms with Gasteiger partial charge >= 0.3 is 5.97 Å². The molecule has 2 bridgehead atoms. The number of aromatic hydroxyl groups is 1. The molecule has 3 rings (SSSR count). The second-order valence-corrected chi connectivity index (χ2v) is 11.1. The van der Waals surface area contributed by atoms with Crippen LogP contribution in [0.25, 0.3) is 0 Å². The minimum Gasteiger partial charge on any atom is -0.508 e. The van der Waals surface area contributed by atoms with E-state index in [-0.39, 0.29) is 35.0 Å². The molecule has 5 atom stereocenters. The van der Waals surface area contributed by atoms with E-state index in [4.69, 9.17) is 4.74 Å². The molecule has 0 radical (unpaired) electrons. The summed E-state index contributed by atoms with van der Waals surface area (Å²) in [6, 6.07) is 5.45. The Morgan fingerprint density at radius 3 is 2.35 bits per heavy atom. The summed E-state index contributed by atoms with van der Waals surface area (Å²) in [5.41, 5.74) is -0.372. The molecule has 3 N–H and O–H groups in total. The Labute approximate surface area is 204 Å². The number of carbonyl (C=O) groups is 4. The van der Waals surface area contributed by atoms with Crippen molar-refractivity contribution in [3.8, 4) is 5.75 Å². The topological polar surface area (TPSA) is 122 Å². The first-order valence-corrected chi connectivity index (χ1v) is 12.6. The zero-order valence-electron chi connectivity index (χ0n) is 20.1. The zero-order chi connectivity index (χ0) is 25.0. The van der Waals surface area contributed by atoms with E-state index in [1.54, 1.807) is 12.1 Å². The number of fused-ring (bicyclic) bond motifs is 2. The maximum Gasteiger partial charge on any atom is 0.328 e. The molecule has 1 aromatic rings. The van der Waals surface area contributed by atoms with Crippen molar-refractivity contribution in [3.05, 3.63) is 29.8 Å². The number of phenolic OH excluding ortho intramolecular Hbond substituents is 1. The highest BCUT2D eigenvalue weighted by molar-refractivity contribution is 8.14. The number of phenols is 1. The number of hydrogen-bond acceptors (Lipinski definition) is 7. The van der Waals surface area contributed by atoms with Crippen LogP contribution in [-0.4, -0.2) is 51.9 Å². The maximum absolute atomic E-state index is 13.7. The Morgan fingerprint density at radius 1 is 1.18 bits per heavy atom. The molecular formula is C25H34N2O6S. The third-order valence-electron chi connectivity index (χ3n) is 6.92. The molecule has 2 amide bonds. The van der Waals surface area contributed by atoms with Crippen LogP contribution in [0, 0.1) is 17.8 Å². The SMILES string of the molecule is COC(=O)[C@H](Cc1ccc(O)cc1)NC(=O)C1(NC(=O)C(SC(C)=O)C(C)C)CC2CCC1C2. The van der Waals surface area contributed by atoms with E-state index in [0.717, 1.165) is 36.6 Å². The molecule has 9 heteroatoms. The van der Waals surface area contributed by atoms with Crippen molar-refractivity contribution in [3.63, 3.8) is 0 Å². The largest absolute Gasteiger partial charge is 0.508 e. The van der Waals surface area contributed by atoms with Crippen molar-refractivity contribution >= 4 is 34.7 Å². The highest BCUT2D eigenvalue weighted by atomic mass is 32.2. The van der Waals surface area contributed by atoms with Gasteiger partial charge in [0.15, 0.2) is 5.12 Å². The van der Waals surface area contributed by atoms with Crippen LogP contribution < -0.4 is 10.6 Å². The van der Waals surface area contributed by atoms with Crippen molar-refractivity contribution in [1.82, 2.24) is 10.6 Å². The minimum atomic E-state index is -1.12. The summed E-state index contributed by atoms with van der Waals surface area (Å²) in [5.74, 6) is -0.979. The monoisotopic (exact) mass is 490 g/mol. The molecule has 0 aliphatic heterocycles. The Kier molecular flexibility index (Phi) is 8.28. The van der Waals surface area contributed by atoms with E-state index in [1.807, 2.05) is 13.8 Å². The lowest BCUT2D eigenvalue weighted by Crippen LogP contribution is -2.65. The Bertz CT molecular complexity index is 934. The van der Waals surface area contributed by atoms with Crippen molar-refractivity contribution in [1.29, 1.82) is 0 Å². The molecule has 0 aromatic heterocycles. The van der Waals surface area contributed by atoms with E-state index in [1.165, 1.54) is 26.2 Å². The average molecular weight is 491 g/mol. The number of hydrogen-bond donors (Lipinski definition) is 3. The third-order valence-corrected chi connectivity index (χ3v) is 8.27. The van der Waals surface area contributed by atoms with E-state index in [2.05, 4.69) is 10.6 Å². The molecule has 2 fully saturated rings. The van der Waals surface area contributed by atoms with Crippen LogP contribution in [0.3, 0.4) is 0 Å². The highest BCUT2D eigenvalue weighted by Gasteiger charge is 2.57. The van der Waals surface area contributed by atoms with Gasteiger partial charge in [-0.1, -0.05) is 37.7 Å². The molecule has 2 aliphatic rings. The van der Waals surface area contributed by atoms with Crippen LogP contribution in [0.4, 0.5) is 0 Å². The fraction of sp³-hybridized carbons (Fsp3) is 0.600. The van der Waals surface area contributed by atoms with Crippen molar-refractivity contribution < 1.29 is 29.0 Å². The standard InChI is InChI=1S/C25H34N2O6S/c1-14(2)21(34-15(3)28)22(30)27-25(13-17-5-8-18(25)11-17)24(32)26-20(23(31)33-4)12-16-6-9-19(29)10-7-16/h6-7,9-10,14,17-18,20-21,29H,5,8,11-13H2,1-4H3,(H,26,32)(H,27,30)/t17?,18?,20-,21?,25?/m0/s1. The van der Waals surface area contributed by atoms with E-state index in [0.29, 0.717) is 12.3 Å². The molecule has 2 aliphatic carbocycles. The number of benzene rings is 1. The third kappa shape index (κ3) is 5.74. The summed E-state index contributed by atoms with van der Waals surface area (Å²) in [6.45, 7) is 5.18. The van der Waals surface area contributed by atoms with Gasteiger partial charge in [-0.2, -0.15) is 0 Å². The lowest BCUT2D eigenvalue weighted by molar-refractivity contribution is -0.146. The van der Waals surface area contributed by atoms with Crippen molar-refractivity contribution in [2.75, 3.05) is 7.11 Å². The molecule has 2 saturated carbocycles. The van der Waals surface area contributed by atoms with E-state index >= 15 is 0 Å². The number of nitrogens with one attached hydrogen (secondary N) is 2. The molecule has 1 aromatic carbocycles. The quantitative estimate of drug-likeness (QED) is 0.455. The van der Waals surface area contributed by atoms with Gasteiger partial charge in [0.1, 0.15) is 17.3 Å². The molecule has 0 heterocycles. The van der Waals surface area contributed by atoms with Gasteiger partial charge in [0.25, 0.3) is 0 Å². The molecule has 0 saturated heterocycles. The maximum atomic E-state index is 13.7. The summed E-state index contributed by atoms with van der Waals surface area (Å²) in [6.07, 6.45) is 3.38. The normalized spacial score (nSPS) is 25.0. The molecule has 0 spiro atoms. The summed E-state index contributed by atoms with van der Waals surface area (Å²) in [5, 5.41) is 14.7. The predicted molar refractivity (Wildman–Crippen MR) is 129 cm³/mol. The molecule has 186 valence electrons. The molecular weight excluding hydrogens is 456 g/mol. The number of ether oxygens (including phenoxy) is 1. The predicted octanol–water partition coefficient (Wildman–Crippen LogP) is 2.57. The van der Waals surface area contributed by atoms with Gasteiger partial charge in [0, 0.05) is 13.3 Å². The number of carbonyl (C=O) groups excluding carboxylic acids is 4. The summed E-state index contributed by atoms with van der Waals surface area (Å²) in [7, 11) is 1.26. The fourth-order valence-corrected chi connectivity index (χ4v) is 6.07.